The van der Waals surface area contributed by atoms with Gasteiger partial charge in [0.25, 0.3) is 5.91 Å². The number of imidazole rings is 1. The van der Waals surface area contributed by atoms with E-state index in [2.05, 4.69) is 9.72 Å². The Balaban J connectivity index is 1.99. The number of nitrogens with one attached hydrogen (secondary N) is 1. The lowest BCUT2D eigenvalue weighted by Crippen LogP contribution is -2.34. The number of aryl methyl sites for hydroxylation is 2. The number of sulfonamides is 1. The van der Waals surface area contributed by atoms with E-state index in [1.807, 2.05) is 5.32 Å². The summed E-state index contributed by atoms with van der Waals surface area (Å²) >= 11 is 0. The molecule has 2 aromatic rings. The number of fused-ring (bicyclic) bond motifs is 1. The summed E-state index contributed by atoms with van der Waals surface area (Å²) in [4.78, 5) is 39.0. The first-order valence-electron chi connectivity index (χ1n) is 9.06. The molecule has 0 fully saturated rings. The number of hydrogen-bond acceptors (Lipinski definition) is 8. The second-order valence-electron chi connectivity index (χ2n) is 6.45. The predicted molar refractivity (Wildman–Crippen MR) is 106 cm³/mol. The summed E-state index contributed by atoms with van der Waals surface area (Å²) in [5.41, 5.74) is 1.20. The van der Waals surface area contributed by atoms with E-state index in [4.69, 9.17) is 4.74 Å². The van der Waals surface area contributed by atoms with Crippen molar-refractivity contribution in [1.29, 1.82) is 0 Å². The van der Waals surface area contributed by atoms with Crippen LogP contribution in [-0.4, -0.2) is 67.6 Å². The predicted octanol–water partition coefficient (Wildman–Crippen LogP) is 0.572. The fraction of sp³-hybridized carbons (Fsp3) is 0.444. The zero-order chi connectivity index (χ0) is 22.5. The van der Waals surface area contributed by atoms with Crippen molar-refractivity contribution in [3.8, 4) is 0 Å². The Morgan fingerprint density at radius 3 is 2.53 bits per heavy atom. The van der Waals surface area contributed by atoms with Crippen molar-refractivity contribution in [3.05, 3.63) is 24.0 Å². The average Bonchev–Trinajstić information content (AvgIpc) is 3.00. The van der Waals surface area contributed by atoms with E-state index in [0.717, 1.165) is 4.31 Å². The Labute approximate surface area is 174 Å². The van der Waals surface area contributed by atoms with Crippen LogP contribution in [0.2, 0.25) is 0 Å². The number of rotatable bonds is 8. The van der Waals surface area contributed by atoms with Crippen molar-refractivity contribution in [2.24, 2.45) is 7.05 Å². The van der Waals surface area contributed by atoms with Crippen molar-refractivity contribution in [1.82, 2.24) is 19.2 Å². The SMILES string of the molecule is CCOC(=O)NC(=O)COC(=O)CCc1nc2cc(S(=O)(=O)N(C)C)ccc2n1C. The molecule has 1 N–H and O–H groups in total. The number of carbonyl (C=O) groups excluding carboxylic acids is 3. The van der Waals surface area contributed by atoms with Crippen LogP contribution in [0.3, 0.4) is 0 Å². The van der Waals surface area contributed by atoms with Crippen LogP contribution < -0.4 is 5.32 Å². The van der Waals surface area contributed by atoms with Crippen molar-refractivity contribution < 1.29 is 32.3 Å². The monoisotopic (exact) mass is 440 g/mol. The van der Waals surface area contributed by atoms with Crippen molar-refractivity contribution in [2.45, 2.75) is 24.7 Å². The topological polar surface area (TPSA) is 137 Å². The number of carbonyl (C=O) groups is 3. The van der Waals surface area contributed by atoms with Gasteiger partial charge in [-0.1, -0.05) is 0 Å². The standard InChI is InChI=1S/C18H24N4O7S/c1-5-28-18(25)20-16(23)11-29-17(24)9-8-15-19-13-10-12(30(26,27)21(2)3)6-7-14(13)22(15)4/h6-7,10H,5,8-9,11H2,1-4H3,(H,20,23,25). The van der Waals surface area contributed by atoms with Gasteiger partial charge in [-0.3, -0.25) is 14.9 Å². The second kappa shape index (κ2) is 9.67. The molecule has 11 nitrogen and oxygen atoms in total. The zero-order valence-electron chi connectivity index (χ0n) is 17.2. The quantitative estimate of drug-likeness (QED) is 0.588. The number of nitrogens with zero attached hydrogens (tertiary/aromatic N) is 3. The molecule has 0 atom stereocenters. The Hall–Kier alpha value is -2.99. The van der Waals surface area contributed by atoms with Gasteiger partial charge < -0.3 is 14.0 Å². The molecule has 1 heterocycles. The molecule has 0 aliphatic heterocycles. The highest BCUT2D eigenvalue weighted by Gasteiger charge is 2.19. The lowest BCUT2D eigenvalue weighted by atomic mass is 10.3. The van der Waals surface area contributed by atoms with Crippen LogP contribution in [0.1, 0.15) is 19.2 Å². The first-order chi connectivity index (χ1) is 14.1. The van der Waals surface area contributed by atoms with E-state index in [0.29, 0.717) is 16.9 Å². The highest BCUT2D eigenvalue weighted by Crippen LogP contribution is 2.21. The van der Waals surface area contributed by atoms with Crippen molar-refractivity contribution in [2.75, 3.05) is 27.3 Å². The normalized spacial score (nSPS) is 11.5. The fourth-order valence-corrected chi connectivity index (χ4v) is 3.50. The molecule has 0 aliphatic rings. The van der Waals surface area contributed by atoms with Gasteiger partial charge in [0.2, 0.25) is 10.0 Å². The molecule has 1 aromatic heterocycles. The van der Waals surface area contributed by atoms with Gasteiger partial charge in [0.15, 0.2) is 6.61 Å². The van der Waals surface area contributed by atoms with Crippen LogP contribution in [0.4, 0.5) is 4.79 Å². The molecule has 0 spiro atoms. The van der Waals surface area contributed by atoms with Crippen LogP contribution in [-0.2, 0) is 42.6 Å². The molecule has 0 saturated carbocycles. The average molecular weight is 440 g/mol. The molecule has 2 rings (SSSR count). The lowest BCUT2D eigenvalue weighted by Gasteiger charge is -2.10. The minimum atomic E-state index is -3.59. The summed E-state index contributed by atoms with van der Waals surface area (Å²) in [5, 5.41) is 1.92. The van der Waals surface area contributed by atoms with Gasteiger partial charge in [-0.15, -0.1) is 0 Å². The number of ether oxygens (including phenoxy) is 2. The molecule has 164 valence electrons. The maximum atomic E-state index is 12.3. The van der Waals surface area contributed by atoms with Crippen LogP contribution in [0.5, 0.6) is 0 Å². The Bertz CT molecular complexity index is 1060. The van der Waals surface area contributed by atoms with Gasteiger partial charge in [0.1, 0.15) is 5.82 Å². The molecule has 12 heteroatoms. The number of imide groups is 1. The largest absolute Gasteiger partial charge is 0.456 e. The molecule has 0 saturated heterocycles. The number of aromatic nitrogens is 2. The zero-order valence-corrected chi connectivity index (χ0v) is 18.0. The maximum absolute atomic E-state index is 12.3. The summed E-state index contributed by atoms with van der Waals surface area (Å²) in [6, 6.07) is 4.63. The van der Waals surface area contributed by atoms with Crippen LogP contribution in [0, 0.1) is 0 Å². The van der Waals surface area contributed by atoms with Gasteiger partial charge in [0, 0.05) is 27.6 Å². The van der Waals surface area contributed by atoms with E-state index >= 15 is 0 Å². The summed E-state index contributed by atoms with van der Waals surface area (Å²) < 4.78 is 36.8. The molecule has 0 radical (unpaired) electrons. The summed E-state index contributed by atoms with van der Waals surface area (Å²) in [5.74, 6) is -0.881. The molecule has 30 heavy (non-hydrogen) atoms. The van der Waals surface area contributed by atoms with E-state index < -0.39 is 34.6 Å². The van der Waals surface area contributed by atoms with Crippen LogP contribution in [0.25, 0.3) is 11.0 Å². The number of amides is 2. The lowest BCUT2D eigenvalue weighted by molar-refractivity contribution is -0.148. The van der Waals surface area contributed by atoms with E-state index in [9.17, 15) is 22.8 Å². The number of hydrogen-bond donors (Lipinski definition) is 1. The van der Waals surface area contributed by atoms with E-state index in [1.54, 1.807) is 24.6 Å². The summed E-state index contributed by atoms with van der Waals surface area (Å²) in [6.07, 6.45) is -0.736. The van der Waals surface area contributed by atoms with Gasteiger partial charge >= 0.3 is 12.1 Å². The molecule has 0 bridgehead atoms. The smallest absolute Gasteiger partial charge is 0.413 e. The van der Waals surface area contributed by atoms with E-state index in [-0.39, 0.29) is 24.3 Å². The minimum absolute atomic E-state index is 0.0489. The fourth-order valence-electron chi connectivity index (χ4n) is 2.57. The van der Waals surface area contributed by atoms with Gasteiger partial charge in [-0.2, -0.15) is 0 Å². The first kappa shape index (κ1) is 23.3. The van der Waals surface area contributed by atoms with Gasteiger partial charge in [-0.05, 0) is 25.1 Å². The third-order valence-corrected chi connectivity index (χ3v) is 5.97. The molecule has 0 unspecified atom stereocenters. The third kappa shape index (κ3) is 5.54. The maximum Gasteiger partial charge on any atom is 0.413 e. The second-order valence-corrected chi connectivity index (χ2v) is 8.61. The minimum Gasteiger partial charge on any atom is -0.456 e. The van der Waals surface area contributed by atoms with Crippen LogP contribution in [0.15, 0.2) is 23.1 Å². The van der Waals surface area contributed by atoms with Crippen molar-refractivity contribution >= 4 is 39.0 Å². The summed E-state index contributed by atoms with van der Waals surface area (Å²) in [6.45, 7) is 1.10. The molecular formula is C18H24N4O7S. The van der Waals surface area contributed by atoms with Crippen molar-refractivity contribution in [3.63, 3.8) is 0 Å². The van der Waals surface area contributed by atoms with Gasteiger partial charge in [-0.25, -0.2) is 22.5 Å². The summed E-state index contributed by atoms with van der Waals surface area (Å²) in [7, 11) is 1.06. The number of alkyl carbamates (subject to hydrolysis) is 1. The highest BCUT2D eigenvalue weighted by atomic mass is 32.2. The van der Waals surface area contributed by atoms with Gasteiger partial charge in [0.05, 0.1) is 29.0 Å². The third-order valence-electron chi connectivity index (χ3n) is 4.16. The number of esters is 1. The molecule has 2 amide bonds. The van der Waals surface area contributed by atoms with E-state index in [1.165, 1.54) is 26.2 Å². The first-order valence-corrected chi connectivity index (χ1v) is 10.5. The Morgan fingerprint density at radius 2 is 1.90 bits per heavy atom. The Morgan fingerprint density at radius 1 is 1.20 bits per heavy atom. The Kier molecular flexibility index (Phi) is 7.51. The number of benzene rings is 1. The molecule has 1 aromatic carbocycles. The molecule has 0 aliphatic carbocycles. The van der Waals surface area contributed by atoms with Crippen LogP contribution >= 0.6 is 0 Å². The molecular weight excluding hydrogens is 416 g/mol. The highest BCUT2D eigenvalue weighted by molar-refractivity contribution is 7.89.